The van der Waals surface area contributed by atoms with Crippen molar-refractivity contribution in [1.29, 1.82) is 0 Å². The molecule has 0 bridgehead atoms. The Labute approximate surface area is 154 Å². The van der Waals surface area contributed by atoms with Crippen LogP contribution in [0, 0.1) is 0 Å². The molecule has 0 aliphatic heterocycles. The van der Waals surface area contributed by atoms with Gasteiger partial charge in [0.25, 0.3) is 5.82 Å². The van der Waals surface area contributed by atoms with Gasteiger partial charge in [0.05, 0.1) is 48.0 Å². The molecule has 26 heavy (non-hydrogen) atoms. The average molecular weight is 353 g/mol. The molecule has 3 rings (SSSR count). The molecule has 0 aliphatic carbocycles. The molecule has 0 N–H and O–H groups in total. The summed E-state index contributed by atoms with van der Waals surface area (Å²) in [5.41, 5.74) is 3.23. The van der Waals surface area contributed by atoms with E-state index in [0.29, 0.717) is 5.75 Å². The van der Waals surface area contributed by atoms with Crippen LogP contribution in [0.1, 0.15) is 0 Å². The van der Waals surface area contributed by atoms with Crippen LogP contribution < -0.4 is 23.7 Å². The molecule has 5 nitrogen and oxygen atoms in total. The standard InChI is InChI=1S/C21H25N2O3/c1-22(2)21-16(14-10-11-17(24-4)19(13-14)26-6)12-15-8-7-9-18(25-5)20(15)23(21)3/h7-13H,1-6H3/q+1. The van der Waals surface area contributed by atoms with Crippen LogP contribution in [-0.4, -0.2) is 35.4 Å². The number of benzene rings is 2. The van der Waals surface area contributed by atoms with Crippen LogP contribution in [0.25, 0.3) is 22.0 Å². The Morgan fingerprint density at radius 1 is 0.808 bits per heavy atom. The van der Waals surface area contributed by atoms with Gasteiger partial charge < -0.3 is 14.2 Å². The third kappa shape index (κ3) is 2.90. The summed E-state index contributed by atoms with van der Waals surface area (Å²) in [6.07, 6.45) is 0. The first-order valence-corrected chi connectivity index (χ1v) is 8.41. The van der Waals surface area contributed by atoms with Crippen LogP contribution in [0.3, 0.4) is 0 Å². The second-order valence-electron chi connectivity index (χ2n) is 6.30. The van der Waals surface area contributed by atoms with E-state index in [1.165, 1.54) is 0 Å². The number of nitrogens with zero attached hydrogens (tertiary/aromatic N) is 2. The molecule has 0 unspecified atom stereocenters. The Kier molecular flexibility index (Phi) is 4.89. The summed E-state index contributed by atoms with van der Waals surface area (Å²) >= 11 is 0. The fraction of sp³-hybridized carbons (Fsp3) is 0.286. The molecule has 2 aromatic carbocycles. The summed E-state index contributed by atoms with van der Waals surface area (Å²) in [5, 5.41) is 1.11. The number of rotatable bonds is 5. The van der Waals surface area contributed by atoms with E-state index in [1.54, 1.807) is 21.3 Å². The first-order valence-electron chi connectivity index (χ1n) is 8.41. The van der Waals surface area contributed by atoms with E-state index < -0.39 is 0 Å². The predicted octanol–water partition coefficient (Wildman–Crippen LogP) is 3.42. The highest BCUT2D eigenvalue weighted by Gasteiger charge is 2.23. The minimum atomic E-state index is 0.711. The maximum atomic E-state index is 5.58. The summed E-state index contributed by atoms with van der Waals surface area (Å²) in [6, 6.07) is 14.3. The molecule has 5 heteroatoms. The lowest BCUT2D eigenvalue weighted by atomic mass is 10.0. The van der Waals surface area contributed by atoms with Crippen molar-refractivity contribution in [2.24, 2.45) is 7.05 Å². The second-order valence-corrected chi connectivity index (χ2v) is 6.30. The maximum Gasteiger partial charge on any atom is 0.284 e. The summed E-state index contributed by atoms with van der Waals surface area (Å²) in [5.74, 6) is 3.36. The van der Waals surface area contributed by atoms with Crippen LogP contribution >= 0.6 is 0 Å². The van der Waals surface area contributed by atoms with E-state index in [0.717, 1.165) is 39.3 Å². The zero-order chi connectivity index (χ0) is 18.8. The summed E-state index contributed by atoms with van der Waals surface area (Å²) in [6.45, 7) is 0. The Balaban J connectivity index is 2.34. The topological polar surface area (TPSA) is 34.8 Å². The lowest BCUT2D eigenvalue weighted by molar-refractivity contribution is -0.631. The molecule has 0 atom stereocenters. The first-order chi connectivity index (χ1) is 12.5. The highest BCUT2D eigenvalue weighted by atomic mass is 16.5. The molecule has 3 aromatic rings. The predicted molar refractivity (Wildman–Crippen MR) is 105 cm³/mol. The van der Waals surface area contributed by atoms with Gasteiger partial charge in [-0.3, -0.25) is 4.90 Å². The van der Waals surface area contributed by atoms with Crippen LogP contribution in [0.15, 0.2) is 42.5 Å². The molecular formula is C21H25N2O3+. The summed E-state index contributed by atoms with van der Waals surface area (Å²) in [7, 11) is 11.1. The average Bonchev–Trinajstić information content (AvgIpc) is 2.66. The molecule has 136 valence electrons. The molecule has 0 aliphatic rings. The van der Waals surface area contributed by atoms with Gasteiger partial charge in [-0.15, -0.1) is 0 Å². The van der Waals surface area contributed by atoms with Crippen molar-refractivity contribution in [3.05, 3.63) is 42.5 Å². The normalized spacial score (nSPS) is 10.7. The van der Waals surface area contributed by atoms with E-state index in [1.807, 2.05) is 38.4 Å². The van der Waals surface area contributed by atoms with Crippen molar-refractivity contribution in [2.45, 2.75) is 0 Å². The van der Waals surface area contributed by atoms with E-state index in [4.69, 9.17) is 14.2 Å². The molecule has 0 amide bonds. The Morgan fingerprint density at radius 3 is 2.12 bits per heavy atom. The minimum absolute atomic E-state index is 0.711. The van der Waals surface area contributed by atoms with Gasteiger partial charge in [-0.2, -0.15) is 0 Å². The number of methoxy groups -OCH3 is 3. The van der Waals surface area contributed by atoms with Gasteiger partial charge in [-0.25, -0.2) is 4.57 Å². The second kappa shape index (κ2) is 7.12. The zero-order valence-corrected chi connectivity index (χ0v) is 16.2. The number of fused-ring (bicyclic) bond motifs is 1. The smallest absolute Gasteiger partial charge is 0.284 e. The number of ether oxygens (including phenoxy) is 3. The quantitative estimate of drug-likeness (QED) is 0.659. The molecule has 0 saturated heterocycles. The van der Waals surface area contributed by atoms with Gasteiger partial charge in [0.1, 0.15) is 0 Å². The molecular weight excluding hydrogens is 328 g/mol. The number of anilines is 1. The van der Waals surface area contributed by atoms with Crippen molar-refractivity contribution in [3.63, 3.8) is 0 Å². The van der Waals surface area contributed by atoms with Gasteiger partial charge in [-0.05, 0) is 29.8 Å². The van der Waals surface area contributed by atoms with E-state index in [2.05, 4.69) is 34.7 Å². The molecule has 0 saturated carbocycles. The molecule has 0 radical (unpaired) electrons. The molecule has 0 fully saturated rings. The SMILES string of the molecule is COc1ccc(-c2cc3cccc(OC)c3[n+](C)c2N(C)C)cc1OC. The fourth-order valence-electron chi connectivity index (χ4n) is 3.44. The number of aromatic nitrogens is 1. The molecule has 1 aromatic heterocycles. The minimum Gasteiger partial charge on any atom is -0.493 e. The lowest BCUT2D eigenvalue weighted by Gasteiger charge is -2.18. The zero-order valence-electron chi connectivity index (χ0n) is 16.2. The monoisotopic (exact) mass is 353 g/mol. The van der Waals surface area contributed by atoms with Crippen molar-refractivity contribution < 1.29 is 18.8 Å². The van der Waals surface area contributed by atoms with Gasteiger partial charge in [0.15, 0.2) is 22.8 Å². The van der Waals surface area contributed by atoms with Gasteiger partial charge in [0, 0.05) is 5.39 Å². The van der Waals surface area contributed by atoms with Crippen LogP contribution in [0.2, 0.25) is 0 Å². The van der Waals surface area contributed by atoms with Crippen molar-refractivity contribution in [3.8, 4) is 28.4 Å². The van der Waals surface area contributed by atoms with E-state index >= 15 is 0 Å². The Hall–Kier alpha value is -2.95. The lowest BCUT2D eigenvalue weighted by Crippen LogP contribution is -2.37. The van der Waals surface area contributed by atoms with E-state index in [-0.39, 0.29) is 0 Å². The van der Waals surface area contributed by atoms with E-state index in [9.17, 15) is 0 Å². The Morgan fingerprint density at radius 2 is 1.50 bits per heavy atom. The van der Waals surface area contributed by atoms with Crippen molar-refractivity contribution in [1.82, 2.24) is 0 Å². The molecule has 0 spiro atoms. The van der Waals surface area contributed by atoms with Crippen LogP contribution in [0.5, 0.6) is 17.2 Å². The number of para-hydroxylation sites is 1. The van der Waals surface area contributed by atoms with Gasteiger partial charge >= 0.3 is 0 Å². The fourth-order valence-corrected chi connectivity index (χ4v) is 3.44. The summed E-state index contributed by atoms with van der Waals surface area (Å²) in [4.78, 5) is 2.11. The third-order valence-corrected chi connectivity index (χ3v) is 4.56. The number of hydrogen-bond donors (Lipinski definition) is 0. The summed E-state index contributed by atoms with van der Waals surface area (Å²) < 4.78 is 18.6. The van der Waals surface area contributed by atoms with Gasteiger partial charge in [0.2, 0.25) is 0 Å². The number of aryl methyl sites for hydroxylation is 1. The van der Waals surface area contributed by atoms with Crippen molar-refractivity contribution in [2.75, 3.05) is 40.3 Å². The van der Waals surface area contributed by atoms with Gasteiger partial charge in [-0.1, -0.05) is 18.2 Å². The molecule has 1 heterocycles. The number of pyridine rings is 1. The Bertz CT molecular complexity index is 952. The van der Waals surface area contributed by atoms with Crippen LogP contribution in [0.4, 0.5) is 5.82 Å². The largest absolute Gasteiger partial charge is 0.493 e. The third-order valence-electron chi connectivity index (χ3n) is 4.56. The first kappa shape index (κ1) is 17.9. The highest BCUT2D eigenvalue weighted by molar-refractivity contribution is 5.89. The highest BCUT2D eigenvalue weighted by Crippen LogP contribution is 2.37. The maximum absolute atomic E-state index is 5.58. The van der Waals surface area contributed by atoms with Crippen LogP contribution in [-0.2, 0) is 7.05 Å². The van der Waals surface area contributed by atoms with Crippen molar-refractivity contribution >= 4 is 16.7 Å². The number of hydrogen-bond acceptors (Lipinski definition) is 4.